The molecule has 0 aromatic heterocycles. The van der Waals surface area contributed by atoms with E-state index in [1.807, 2.05) is 6.92 Å². The van der Waals surface area contributed by atoms with Crippen LogP contribution in [-0.2, 0) is 0 Å². The average molecular weight is 130 g/mol. The van der Waals surface area contributed by atoms with Crippen LogP contribution in [-0.4, -0.2) is 21.8 Å². The summed E-state index contributed by atoms with van der Waals surface area (Å²) in [5.74, 6) is 0. The molecule has 4 nitrogen and oxygen atoms in total. The van der Waals surface area contributed by atoms with Crippen molar-refractivity contribution in [1.29, 1.82) is 0 Å². The van der Waals surface area contributed by atoms with Crippen LogP contribution in [0.5, 0.6) is 0 Å². The third-order valence-corrected chi connectivity index (χ3v) is 1.02. The molecule has 0 saturated heterocycles. The predicted molar refractivity (Wildman–Crippen MR) is 34.4 cm³/mol. The van der Waals surface area contributed by atoms with Crippen molar-refractivity contribution < 1.29 is 10.4 Å². The topological polar surface area (TPSA) is 65.2 Å². The highest BCUT2D eigenvalue weighted by atomic mass is 16.4. The molecule has 0 atom stereocenters. The van der Waals surface area contributed by atoms with Gasteiger partial charge in [0.15, 0.2) is 0 Å². The summed E-state index contributed by atoms with van der Waals surface area (Å²) < 4.78 is 0. The first-order valence-electron chi connectivity index (χ1n) is 2.66. The van der Waals surface area contributed by atoms with Gasteiger partial charge in [0.1, 0.15) is 11.4 Å². The maximum Gasteiger partial charge on any atom is 0.104 e. The van der Waals surface area contributed by atoms with Gasteiger partial charge in [-0.2, -0.15) is 0 Å². The van der Waals surface area contributed by atoms with Crippen LogP contribution < -0.4 is 0 Å². The Bertz CT molecular complexity index is 140. The molecule has 0 heterocycles. The van der Waals surface area contributed by atoms with Gasteiger partial charge >= 0.3 is 0 Å². The van der Waals surface area contributed by atoms with E-state index in [4.69, 9.17) is 10.4 Å². The Labute approximate surface area is 53.5 Å². The first-order valence-corrected chi connectivity index (χ1v) is 2.66. The molecular formula is C5H10N2O2. The van der Waals surface area contributed by atoms with E-state index < -0.39 is 0 Å². The summed E-state index contributed by atoms with van der Waals surface area (Å²) in [6, 6.07) is 0. The van der Waals surface area contributed by atoms with Crippen molar-refractivity contribution in [2.75, 3.05) is 0 Å². The zero-order valence-electron chi connectivity index (χ0n) is 5.50. The Balaban J connectivity index is 4.14. The smallest absolute Gasteiger partial charge is 0.104 e. The molecule has 0 unspecified atom stereocenters. The largest absolute Gasteiger partial charge is 0.411 e. The zero-order chi connectivity index (χ0) is 7.28. The third kappa shape index (κ3) is 2.12. The molecular weight excluding hydrogens is 120 g/mol. The van der Waals surface area contributed by atoms with E-state index in [0.29, 0.717) is 17.8 Å². The molecule has 0 aliphatic rings. The van der Waals surface area contributed by atoms with Crippen LogP contribution >= 0.6 is 0 Å². The highest BCUT2D eigenvalue weighted by molar-refractivity contribution is 6.41. The summed E-state index contributed by atoms with van der Waals surface area (Å²) >= 11 is 0. The lowest BCUT2D eigenvalue weighted by Gasteiger charge is -1.94. The Morgan fingerprint density at radius 1 is 1.33 bits per heavy atom. The fourth-order valence-corrected chi connectivity index (χ4v) is 0.457. The summed E-state index contributed by atoms with van der Waals surface area (Å²) in [5, 5.41) is 22.1. The van der Waals surface area contributed by atoms with Crippen molar-refractivity contribution >= 4 is 11.4 Å². The third-order valence-electron chi connectivity index (χ3n) is 1.02. The van der Waals surface area contributed by atoms with E-state index in [2.05, 4.69) is 10.3 Å². The highest BCUT2D eigenvalue weighted by Crippen LogP contribution is 1.87. The molecule has 0 radical (unpaired) electrons. The number of hydrogen-bond acceptors (Lipinski definition) is 4. The van der Waals surface area contributed by atoms with Crippen LogP contribution in [0.15, 0.2) is 10.3 Å². The van der Waals surface area contributed by atoms with E-state index in [1.165, 1.54) is 0 Å². The quantitative estimate of drug-likeness (QED) is 0.333. The number of rotatable bonds is 2. The standard InChI is InChI=1S/C5H10N2O2/c1-3-5(7-9)4(2)6-8/h8-9H,3H2,1-2H3. The Hall–Kier alpha value is -1.06. The van der Waals surface area contributed by atoms with Crippen LogP contribution in [0, 0.1) is 0 Å². The van der Waals surface area contributed by atoms with Gasteiger partial charge in [-0.3, -0.25) is 0 Å². The van der Waals surface area contributed by atoms with Crippen molar-refractivity contribution in [3.8, 4) is 0 Å². The second kappa shape index (κ2) is 3.88. The SMILES string of the molecule is CCC(=NO)C(C)=NO. The molecule has 0 spiro atoms. The lowest BCUT2D eigenvalue weighted by Crippen LogP contribution is -2.08. The van der Waals surface area contributed by atoms with Gasteiger partial charge < -0.3 is 10.4 Å². The van der Waals surface area contributed by atoms with E-state index in [0.717, 1.165) is 0 Å². The fourth-order valence-electron chi connectivity index (χ4n) is 0.457. The number of hydrogen-bond donors (Lipinski definition) is 2. The van der Waals surface area contributed by atoms with E-state index in [1.54, 1.807) is 6.92 Å². The van der Waals surface area contributed by atoms with Crippen LogP contribution in [0.3, 0.4) is 0 Å². The molecule has 0 aliphatic heterocycles. The second-order valence-corrected chi connectivity index (χ2v) is 1.59. The van der Waals surface area contributed by atoms with Gasteiger partial charge in [-0.25, -0.2) is 0 Å². The molecule has 52 valence electrons. The van der Waals surface area contributed by atoms with Gasteiger partial charge in [0, 0.05) is 0 Å². The molecule has 0 rings (SSSR count). The summed E-state index contributed by atoms with van der Waals surface area (Å²) in [4.78, 5) is 0. The minimum atomic E-state index is 0.347. The highest BCUT2D eigenvalue weighted by Gasteiger charge is 1.99. The van der Waals surface area contributed by atoms with Crippen LogP contribution in [0.4, 0.5) is 0 Å². The summed E-state index contributed by atoms with van der Waals surface area (Å²) in [5.41, 5.74) is 0.748. The molecule has 0 saturated carbocycles. The van der Waals surface area contributed by atoms with Gasteiger partial charge in [-0.1, -0.05) is 17.2 Å². The zero-order valence-corrected chi connectivity index (χ0v) is 5.50. The van der Waals surface area contributed by atoms with Crippen molar-refractivity contribution in [1.82, 2.24) is 0 Å². The van der Waals surface area contributed by atoms with Crippen LogP contribution in [0.1, 0.15) is 20.3 Å². The van der Waals surface area contributed by atoms with Crippen molar-refractivity contribution in [2.24, 2.45) is 10.3 Å². The lowest BCUT2D eigenvalue weighted by molar-refractivity contribution is 0.313. The number of oxime groups is 2. The summed E-state index contributed by atoms with van der Waals surface area (Å²) in [7, 11) is 0. The van der Waals surface area contributed by atoms with Gasteiger partial charge in [-0.15, -0.1) is 0 Å². The van der Waals surface area contributed by atoms with Gasteiger partial charge in [0.05, 0.1) is 0 Å². The van der Waals surface area contributed by atoms with E-state index >= 15 is 0 Å². The summed E-state index contributed by atoms with van der Waals surface area (Å²) in [6.45, 7) is 3.38. The van der Waals surface area contributed by atoms with Crippen LogP contribution in [0.2, 0.25) is 0 Å². The van der Waals surface area contributed by atoms with Gasteiger partial charge in [-0.05, 0) is 13.3 Å². The lowest BCUT2D eigenvalue weighted by atomic mass is 10.2. The second-order valence-electron chi connectivity index (χ2n) is 1.59. The first kappa shape index (κ1) is 7.94. The van der Waals surface area contributed by atoms with Crippen molar-refractivity contribution in [3.05, 3.63) is 0 Å². The summed E-state index contributed by atoms with van der Waals surface area (Å²) in [6.07, 6.45) is 0.562. The molecule has 0 aromatic rings. The monoisotopic (exact) mass is 130 g/mol. The molecule has 0 aromatic carbocycles. The predicted octanol–water partition coefficient (Wildman–Crippen LogP) is 1.08. The van der Waals surface area contributed by atoms with Crippen molar-refractivity contribution in [2.45, 2.75) is 20.3 Å². The van der Waals surface area contributed by atoms with Gasteiger partial charge in [0.25, 0.3) is 0 Å². The Morgan fingerprint density at radius 3 is 2.00 bits per heavy atom. The molecule has 4 heteroatoms. The average Bonchev–Trinajstić information content (AvgIpc) is 1.90. The van der Waals surface area contributed by atoms with Crippen molar-refractivity contribution in [3.63, 3.8) is 0 Å². The minimum Gasteiger partial charge on any atom is -0.411 e. The Kier molecular flexibility index (Phi) is 3.43. The van der Waals surface area contributed by atoms with Crippen LogP contribution in [0.25, 0.3) is 0 Å². The number of nitrogens with zero attached hydrogens (tertiary/aromatic N) is 2. The minimum absolute atomic E-state index is 0.347. The molecule has 9 heavy (non-hydrogen) atoms. The molecule has 0 bridgehead atoms. The molecule has 2 N–H and O–H groups in total. The van der Waals surface area contributed by atoms with E-state index in [-0.39, 0.29) is 0 Å². The maximum absolute atomic E-state index is 8.22. The maximum atomic E-state index is 8.22. The first-order chi connectivity index (χ1) is 4.26. The molecule has 0 amide bonds. The fraction of sp³-hybridized carbons (Fsp3) is 0.600. The van der Waals surface area contributed by atoms with E-state index in [9.17, 15) is 0 Å². The van der Waals surface area contributed by atoms with Gasteiger partial charge in [0.2, 0.25) is 0 Å². The Morgan fingerprint density at radius 2 is 1.89 bits per heavy atom. The normalized spacial score (nSPS) is 14.0. The molecule has 0 fully saturated rings. The molecule has 0 aliphatic carbocycles.